The lowest BCUT2D eigenvalue weighted by atomic mass is 10.1. The fourth-order valence-electron chi connectivity index (χ4n) is 2.05. The Morgan fingerprint density at radius 1 is 1.04 bits per heavy atom. The molecule has 0 aliphatic heterocycles. The third kappa shape index (κ3) is 4.13. The van der Waals surface area contributed by atoms with Crippen LogP contribution in [0.4, 0.5) is 0 Å². The summed E-state index contributed by atoms with van der Waals surface area (Å²) in [6.45, 7) is 0. The van der Waals surface area contributed by atoms with E-state index in [9.17, 15) is 9.59 Å². The van der Waals surface area contributed by atoms with Crippen LogP contribution in [0.5, 0.6) is 11.5 Å². The van der Waals surface area contributed by atoms with Crippen LogP contribution < -0.4 is 20.5 Å². The van der Waals surface area contributed by atoms with Crippen LogP contribution in [0.2, 0.25) is 0 Å². The summed E-state index contributed by atoms with van der Waals surface area (Å²) >= 11 is 0. The smallest absolute Gasteiger partial charge is 0.265 e. The Morgan fingerprint density at radius 2 is 1.75 bits per heavy atom. The second-order valence-corrected chi connectivity index (χ2v) is 4.85. The molecule has 6 nitrogen and oxygen atoms in total. The maximum absolute atomic E-state index is 12.2. The molecule has 0 heterocycles. The number of hydrogen-bond donors (Lipinski definition) is 2. The summed E-state index contributed by atoms with van der Waals surface area (Å²) in [7, 11) is 3.04. The molecule has 0 aliphatic rings. The van der Waals surface area contributed by atoms with Gasteiger partial charge in [0.15, 0.2) is 0 Å². The summed E-state index contributed by atoms with van der Waals surface area (Å²) in [4.78, 5) is 23.9. The van der Waals surface area contributed by atoms with Crippen molar-refractivity contribution in [1.29, 1.82) is 0 Å². The first-order valence-electron chi connectivity index (χ1n) is 7.15. The van der Waals surface area contributed by atoms with Gasteiger partial charge in [0, 0.05) is 17.2 Å². The van der Waals surface area contributed by atoms with Gasteiger partial charge in [-0.25, -0.2) is 0 Å². The van der Waals surface area contributed by atoms with E-state index in [1.54, 1.807) is 55.6 Å². The summed E-state index contributed by atoms with van der Waals surface area (Å²) in [5, 5.41) is 2.52. The van der Waals surface area contributed by atoms with Crippen LogP contribution in [0.15, 0.2) is 54.2 Å². The molecule has 2 rings (SSSR count). The zero-order valence-electron chi connectivity index (χ0n) is 13.4. The lowest BCUT2D eigenvalue weighted by Crippen LogP contribution is -2.31. The van der Waals surface area contributed by atoms with Gasteiger partial charge in [-0.15, -0.1) is 0 Å². The van der Waals surface area contributed by atoms with Crippen LogP contribution in [-0.2, 0) is 4.79 Å². The van der Waals surface area contributed by atoms with Gasteiger partial charge in [-0.2, -0.15) is 0 Å². The molecule has 0 unspecified atom stereocenters. The van der Waals surface area contributed by atoms with Crippen molar-refractivity contribution in [2.45, 2.75) is 0 Å². The molecule has 0 aliphatic carbocycles. The first-order valence-corrected chi connectivity index (χ1v) is 7.15. The molecule has 124 valence electrons. The summed E-state index contributed by atoms with van der Waals surface area (Å²) in [6.07, 6.45) is 1.46. The van der Waals surface area contributed by atoms with Crippen molar-refractivity contribution in [3.63, 3.8) is 0 Å². The van der Waals surface area contributed by atoms with Gasteiger partial charge in [-0.1, -0.05) is 18.2 Å². The zero-order valence-corrected chi connectivity index (χ0v) is 13.4. The van der Waals surface area contributed by atoms with Crippen LogP contribution in [0.1, 0.15) is 15.9 Å². The van der Waals surface area contributed by atoms with Crippen LogP contribution in [0.3, 0.4) is 0 Å². The topological polar surface area (TPSA) is 90.6 Å². The molecule has 0 radical (unpaired) electrons. The lowest BCUT2D eigenvalue weighted by Gasteiger charge is -2.10. The Morgan fingerprint density at radius 3 is 2.33 bits per heavy atom. The number of methoxy groups -OCH3 is 2. The number of carbonyl (C=O) groups is 2. The molecule has 3 N–H and O–H groups in total. The second kappa shape index (κ2) is 7.82. The molecule has 24 heavy (non-hydrogen) atoms. The Hall–Kier alpha value is -3.28. The predicted octanol–water partition coefficient (Wildman–Crippen LogP) is 1.96. The highest BCUT2D eigenvalue weighted by atomic mass is 16.5. The largest absolute Gasteiger partial charge is 0.497 e. The first kappa shape index (κ1) is 17.1. The Labute approximate surface area is 139 Å². The van der Waals surface area contributed by atoms with E-state index < -0.39 is 11.8 Å². The van der Waals surface area contributed by atoms with Crippen molar-refractivity contribution < 1.29 is 19.1 Å². The monoisotopic (exact) mass is 326 g/mol. The van der Waals surface area contributed by atoms with Crippen molar-refractivity contribution in [2.75, 3.05) is 14.2 Å². The van der Waals surface area contributed by atoms with Crippen molar-refractivity contribution in [3.8, 4) is 11.5 Å². The summed E-state index contributed by atoms with van der Waals surface area (Å²) in [6, 6.07) is 13.6. The zero-order chi connectivity index (χ0) is 17.5. The molecule has 2 aromatic carbocycles. The molecular weight excluding hydrogens is 308 g/mol. The van der Waals surface area contributed by atoms with Gasteiger partial charge >= 0.3 is 0 Å². The third-order valence-corrected chi connectivity index (χ3v) is 3.29. The quantitative estimate of drug-likeness (QED) is 0.794. The van der Waals surface area contributed by atoms with E-state index in [0.29, 0.717) is 22.6 Å². The van der Waals surface area contributed by atoms with E-state index in [0.717, 1.165) is 0 Å². The predicted molar refractivity (Wildman–Crippen MR) is 90.6 cm³/mol. The van der Waals surface area contributed by atoms with E-state index in [4.69, 9.17) is 15.2 Å². The highest BCUT2D eigenvalue weighted by molar-refractivity contribution is 6.04. The van der Waals surface area contributed by atoms with Crippen LogP contribution in [0.25, 0.3) is 6.08 Å². The van der Waals surface area contributed by atoms with Gasteiger partial charge in [0.1, 0.15) is 17.2 Å². The maximum Gasteiger partial charge on any atom is 0.265 e. The number of amides is 2. The highest BCUT2D eigenvalue weighted by Gasteiger charge is 2.13. The average molecular weight is 326 g/mol. The standard InChI is InChI=1S/C18H18N2O4/c1-23-14-9-8-13(16(11-14)24-2)10-15(17(19)21)20-18(22)12-6-4-3-5-7-12/h3-11H,1-2H3,(H2,19,21)(H,20,22)/b15-10-. The number of primary amides is 1. The van der Waals surface area contributed by atoms with Crippen molar-refractivity contribution in [1.82, 2.24) is 5.32 Å². The minimum absolute atomic E-state index is 0.0349. The Bertz CT molecular complexity index is 770. The number of benzene rings is 2. The maximum atomic E-state index is 12.2. The lowest BCUT2D eigenvalue weighted by molar-refractivity contribution is -0.114. The van der Waals surface area contributed by atoms with Crippen LogP contribution >= 0.6 is 0 Å². The number of carbonyl (C=O) groups excluding carboxylic acids is 2. The van der Waals surface area contributed by atoms with Crippen LogP contribution in [-0.4, -0.2) is 26.0 Å². The molecule has 2 amide bonds. The number of nitrogens with two attached hydrogens (primary N) is 1. The van der Waals surface area contributed by atoms with E-state index in [1.165, 1.54) is 13.2 Å². The molecule has 6 heteroatoms. The molecular formula is C18H18N2O4. The average Bonchev–Trinajstić information content (AvgIpc) is 2.61. The molecule has 0 saturated heterocycles. The van der Waals surface area contributed by atoms with Gasteiger partial charge in [-0.3, -0.25) is 9.59 Å². The molecule has 0 fully saturated rings. The van der Waals surface area contributed by atoms with E-state index in [1.807, 2.05) is 0 Å². The molecule has 0 aromatic heterocycles. The molecule has 0 spiro atoms. The molecule has 0 saturated carbocycles. The number of hydrogen-bond acceptors (Lipinski definition) is 4. The first-order chi connectivity index (χ1) is 11.5. The van der Waals surface area contributed by atoms with Gasteiger partial charge < -0.3 is 20.5 Å². The van der Waals surface area contributed by atoms with Gasteiger partial charge in [0.05, 0.1) is 14.2 Å². The molecule has 2 aromatic rings. The number of ether oxygens (including phenoxy) is 2. The fourth-order valence-corrected chi connectivity index (χ4v) is 2.05. The molecule has 0 atom stereocenters. The highest BCUT2D eigenvalue weighted by Crippen LogP contribution is 2.26. The summed E-state index contributed by atoms with van der Waals surface area (Å²) < 4.78 is 10.4. The Balaban J connectivity index is 2.32. The van der Waals surface area contributed by atoms with Crippen molar-refractivity contribution in [2.24, 2.45) is 5.73 Å². The van der Waals surface area contributed by atoms with Gasteiger partial charge in [0.2, 0.25) is 0 Å². The number of rotatable bonds is 6. The number of nitrogens with one attached hydrogen (secondary N) is 1. The summed E-state index contributed by atoms with van der Waals surface area (Å²) in [5.41, 5.74) is 6.34. The van der Waals surface area contributed by atoms with E-state index in [-0.39, 0.29) is 5.70 Å². The fraction of sp³-hybridized carbons (Fsp3) is 0.111. The van der Waals surface area contributed by atoms with Crippen LogP contribution in [0, 0.1) is 0 Å². The van der Waals surface area contributed by atoms with Crippen molar-refractivity contribution >= 4 is 17.9 Å². The molecule has 0 bridgehead atoms. The second-order valence-electron chi connectivity index (χ2n) is 4.85. The minimum Gasteiger partial charge on any atom is -0.497 e. The van der Waals surface area contributed by atoms with Crippen molar-refractivity contribution in [3.05, 3.63) is 65.4 Å². The summed E-state index contributed by atoms with van der Waals surface area (Å²) in [5.74, 6) is -0.0784. The van der Waals surface area contributed by atoms with E-state index in [2.05, 4.69) is 5.32 Å². The Kier molecular flexibility index (Phi) is 5.57. The third-order valence-electron chi connectivity index (χ3n) is 3.29. The van der Waals surface area contributed by atoms with E-state index >= 15 is 0 Å². The SMILES string of the molecule is COc1ccc(/C=C(\NC(=O)c2ccccc2)C(N)=O)c(OC)c1. The van der Waals surface area contributed by atoms with Gasteiger partial charge in [0.25, 0.3) is 11.8 Å². The minimum atomic E-state index is -0.753. The van der Waals surface area contributed by atoms with Gasteiger partial charge in [-0.05, 0) is 30.3 Å². The normalized spacial score (nSPS) is 10.8.